The van der Waals surface area contributed by atoms with Crippen molar-refractivity contribution < 1.29 is 9.84 Å². The lowest BCUT2D eigenvalue weighted by molar-refractivity contribution is -0.0963. The van der Waals surface area contributed by atoms with Crippen molar-refractivity contribution in [2.45, 2.75) is 37.7 Å². The van der Waals surface area contributed by atoms with Crippen LogP contribution in [0.5, 0.6) is 5.75 Å². The molecule has 3 rings (SSSR count). The van der Waals surface area contributed by atoms with Crippen molar-refractivity contribution in [3.63, 3.8) is 0 Å². The molecule has 0 bridgehead atoms. The van der Waals surface area contributed by atoms with Crippen LogP contribution in [-0.2, 0) is 0 Å². The topological polar surface area (TPSA) is 32.7 Å². The predicted molar refractivity (Wildman–Crippen MR) is 87.6 cm³/mol. The summed E-state index contributed by atoms with van der Waals surface area (Å²) >= 11 is 3.43. The van der Waals surface area contributed by atoms with Crippen molar-refractivity contribution in [2.24, 2.45) is 5.92 Å². The largest absolute Gasteiger partial charge is 0.492 e. The Hall–Kier alpha value is -0.580. The van der Waals surface area contributed by atoms with Crippen LogP contribution in [0.2, 0.25) is 0 Å². The van der Waals surface area contributed by atoms with Crippen LogP contribution < -0.4 is 4.74 Å². The molecule has 4 heteroatoms. The van der Waals surface area contributed by atoms with E-state index in [4.69, 9.17) is 4.74 Å². The lowest BCUT2D eigenvalue weighted by Crippen LogP contribution is -2.53. The second-order valence-corrected chi connectivity index (χ2v) is 7.31. The number of piperidine rings is 1. The number of aliphatic hydroxyl groups is 1. The van der Waals surface area contributed by atoms with Gasteiger partial charge in [0.05, 0.1) is 5.60 Å². The van der Waals surface area contributed by atoms with E-state index >= 15 is 0 Å². The maximum absolute atomic E-state index is 10.7. The van der Waals surface area contributed by atoms with Crippen LogP contribution in [0, 0.1) is 5.92 Å². The van der Waals surface area contributed by atoms with Crippen molar-refractivity contribution in [3.05, 3.63) is 28.7 Å². The summed E-state index contributed by atoms with van der Waals surface area (Å²) < 4.78 is 6.87. The van der Waals surface area contributed by atoms with E-state index in [2.05, 4.69) is 20.8 Å². The summed E-state index contributed by atoms with van der Waals surface area (Å²) in [4.78, 5) is 2.45. The van der Waals surface area contributed by atoms with Gasteiger partial charge in [0, 0.05) is 30.0 Å². The highest BCUT2D eigenvalue weighted by atomic mass is 79.9. The normalized spacial score (nSPS) is 29.9. The summed E-state index contributed by atoms with van der Waals surface area (Å²) in [6, 6.07) is 7.97. The summed E-state index contributed by atoms with van der Waals surface area (Å²) in [6.07, 6.45) is 5.58. The number of halogens is 1. The molecule has 2 unspecified atom stereocenters. The Kier molecular flexibility index (Phi) is 4.87. The van der Waals surface area contributed by atoms with Gasteiger partial charge in [-0.15, -0.1) is 0 Å². The minimum absolute atomic E-state index is 0.374. The molecule has 1 saturated heterocycles. The third-order valence-electron chi connectivity index (χ3n) is 5.00. The first-order valence-electron chi connectivity index (χ1n) is 7.99. The molecule has 3 nitrogen and oxygen atoms in total. The molecule has 21 heavy (non-hydrogen) atoms. The molecule has 1 aromatic carbocycles. The number of rotatable bonds is 4. The van der Waals surface area contributed by atoms with Crippen molar-refractivity contribution in [3.8, 4) is 5.75 Å². The predicted octanol–water partition coefficient (Wildman–Crippen LogP) is 3.45. The van der Waals surface area contributed by atoms with Crippen LogP contribution in [0.1, 0.15) is 32.1 Å². The molecule has 1 aliphatic carbocycles. The van der Waals surface area contributed by atoms with Gasteiger partial charge in [-0.1, -0.05) is 28.8 Å². The van der Waals surface area contributed by atoms with Gasteiger partial charge < -0.3 is 9.84 Å². The maximum atomic E-state index is 10.7. The Morgan fingerprint density at radius 3 is 2.86 bits per heavy atom. The molecule has 0 radical (unpaired) electrons. The van der Waals surface area contributed by atoms with E-state index in [-0.39, 0.29) is 5.60 Å². The van der Waals surface area contributed by atoms with Gasteiger partial charge in [-0.05, 0) is 43.5 Å². The first-order valence-corrected chi connectivity index (χ1v) is 8.78. The molecular formula is C17H24BrNO2. The number of hydrogen-bond acceptors (Lipinski definition) is 3. The highest BCUT2D eigenvalue weighted by Crippen LogP contribution is 2.39. The number of nitrogens with zero attached hydrogens (tertiary/aromatic N) is 1. The number of ether oxygens (including phenoxy) is 1. The number of likely N-dealkylation sites (tertiary alicyclic amines) is 1. The minimum atomic E-state index is -0.374. The van der Waals surface area contributed by atoms with Crippen LogP contribution >= 0.6 is 15.9 Å². The van der Waals surface area contributed by atoms with Crippen LogP contribution in [0.4, 0.5) is 0 Å². The molecule has 116 valence electrons. The van der Waals surface area contributed by atoms with E-state index in [0.717, 1.165) is 42.7 Å². The summed E-state index contributed by atoms with van der Waals surface area (Å²) in [5, 5.41) is 10.7. The minimum Gasteiger partial charge on any atom is -0.492 e. The number of hydrogen-bond donors (Lipinski definition) is 1. The van der Waals surface area contributed by atoms with Crippen LogP contribution in [0.25, 0.3) is 0 Å². The van der Waals surface area contributed by atoms with E-state index in [1.165, 1.54) is 19.3 Å². The van der Waals surface area contributed by atoms with Crippen LogP contribution in [-0.4, -0.2) is 41.8 Å². The summed E-state index contributed by atoms with van der Waals surface area (Å²) in [5.41, 5.74) is -0.374. The average Bonchev–Trinajstić information content (AvgIpc) is 2.49. The molecule has 1 heterocycles. The van der Waals surface area contributed by atoms with Crippen molar-refractivity contribution in [2.75, 3.05) is 26.2 Å². The first-order chi connectivity index (χ1) is 10.2. The molecule has 2 atom stereocenters. The molecule has 0 aromatic heterocycles. The zero-order chi connectivity index (χ0) is 14.7. The molecule has 0 amide bonds. The third-order valence-corrected chi connectivity index (χ3v) is 5.53. The van der Waals surface area contributed by atoms with E-state index in [9.17, 15) is 5.11 Å². The fraction of sp³-hybridized carbons (Fsp3) is 0.647. The number of fused-ring (bicyclic) bond motifs is 1. The van der Waals surface area contributed by atoms with Gasteiger partial charge >= 0.3 is 0 Å². The Labute approximate surface area is 135 Å². The Morgan fingerprint density at radius 1 is 1.24 bits per heavy atom. The van der Waals surface area contributed by atoms with E-state index in [1.54, 1.807) is 0 Å². The molecule has 2 fully saturated rings. The molecule has 1 aliphatic heterocycles. The van der Waals surface area contributed by atoms with E-state index in [0.29, 0.717) is 12.5 Å². The summed E-state index contributed by atoms with van der Waals surface area (Å²) in [7, 11) is 0. The highest BCUT2D eigenvalue weighted by Gasteiger charge is 2.42. The van der Waals surface area contributed by atoms with Gasteiger partial charge in [-0.3, -0.25) is 4.90 Å². The quantitative estimate of drug-likeness (QED) is 0.899. The first kappa shape index (κ1) is 15.3. The van der Waals surface area contributed by atoms with Gasteiger partial charge in [0.1, 0.15) is 12.4 Å². The highest BCUT2D eigenvalue weighted by molar-refractivity contribution is 9.10. The summed E-state index contributed by atoms with van der Waals surface area (Å²) in [5.74, 6) is 1.39. The molecule has 1 N–H and O–H groups in total. The van der Waals surface area contributed by atoms with Crippen LogP contribution in [0.15, 0.2) is 28.7 Å². The van der Waals surface area contributed by atoms with E-state index < -0.39 is 0 Å². The fourth-order valence-electron chi connectivity index (χ4n) is 3.67. The lowest BCUT2D eigenvalue weighted by atomic mass is 9.71. The van der Waals surface area contributed by atoms with Gasteiger partial charge in [0.2, 0.25) is 0 Å². The average molecular weight is 354 g/mol. The van der Waals surface area contributed by atoms with Crippen molar-refractivity contribution >= 4 is 15.9 Å². The smallest absolute Gasteiger partial charge is 0.119 e. The Morgan fingerprint density at radius 2 is 2.05 bits per heavy atom. The Bertz CT molecular complexity index is 464. The maximum Gasteiger partial charge on any atom is 0.119 e. The molecule has 1 saturated carbocycles. The zero-order valence-corrected chi connectivity index (χ0v) is 14.0. The van der Waals surface area contributed by atoms with Gasteiger partial charge in [-0.25, -0.2) is 0 Å². The SMILES string of the molecule is OC12CCCCC1CN(CCOc1ccc(Br)cc1)CC2. The second kappa shape index (κ2) is 6.67. The fourth-order valence-corrected chi connectivity index (χ4v) is 3.93. The molecule has 0 spiro atoms. The number of benzene rings is 1. The lowest BCUT2D eigenvalue weighted by Gasteiger charge is -2.47. The second-order valence-electron chi connectivity index (χ2n) is 6.40. The summed E-state index contributed by atoms with van der Waals surface area (Å²) in [6.45, 7) is 3.69. The Balaban J connectivity index is 1.45. The van der Waals surface area contributed by atoms with Gasteiger partial charge in [0.25, 0.3) is 0 Å². The van der Waals surface area contributed by atoms with Crippen molar-refractivity contribution in [1.82, 2.24) is 4.90 Å². The molecule has 1 aromatic rings. The van der Waals surface area contributed by atoms with Gasteiger partial charge in [-0.2, -0.15) is 0 Å². The van der Waals surface area contributed by atoms with Crippen LogP contribution in [0.3, 0.4) is 0 Å². The van der Waals surface area contributed by atoms with E-state index in [1.807, 2.05) is 24.3 Å². The standard InChI is InChI=1S/C17H24BrNO2/c18-15-4-6-16(7-5-15)21-12-11-19-10-9-17(20)8-2-1-3-14(17)13-19/h4-7,14,20H,1-3,8-13H2. The monoisotopic (exact) mass is 353 g/mol. The zero-order valence-electron chi connectivity index (χ0n) is 12.4. The van der Waals surface area contributed by atoms with Gasteiger partial charge in [0.15, 0.2) is 0 Å². The molecular weight excluding hydrogens is 330 g/mol. The van der Waals surface area contributed by atoms with Crippen molar-refractivity contribution in [1.29, 1.82) is 0 Å². The molecule has 2 aliphatic rings. The third kappa shape index (κ3) is 3.79.